The largest absolute Gasteiger partial charge is 0.352 e. The normalized spacial score (nSPS) is 10.5. The lowest BCUT2D eigenvalue weighted by Crippen LogP contribution is -2.25. The average Bonchev–Trinajstić information content (AvgIpc) is 2.55. The smallest absolute Gasteiger partial charge is 0.251 e. The molecule has 0 saturated carbocycles. The van der Waals surface area contributed by atoms with E-state index in [1.165, 1.54) is 11.9 Å². The second kappa shape index (κ2) is 6.13. The van der Waals surface area contributed by atoms with E-state index in [-0.39, 0.29) is 5.91 Å². The minimum absolute atomic E-state index is 0.0774. The first kappa shape index (κ1) is 13.2. The maximum Gasteiger partial charge on any atom is 0.251 e. The molecular weight excluding hydrogens is 262 g/mol. The van der Waals surface area contributed by atoms with Crippen LogP contribution in [0.5, 0.6) is 0 Å². The van der Waals surface area contributed by atoms with Crippen LogP contribution in [0.25, 0.3) is 10.9 Å². The summed E-state index contributed by atoms with van der Waals surface area (Å²) in [6.07, 6.45) is 4.04. The molecular formula is C17H15N3O. The van der Waals surface area contributed by atoms with Crippen LogP contribution in [0.15, 0.2) is 61.1 Å². The van der Waals surface area contributed by atoms with Crippen molar-refractivity contribution in [1.82, 2.24) is 15.3 Å². The van der Waals surface area contributed by atoms with Gasteiger partial charge in [0.25, 0.3) is 5.91 Å². The molecule has 0 saturated heterocycles. The molecule has 3 aromatic rings. The first-order valence-electron chi connectivity index (χ1n) is 6.85. The Morgan fingerprint density at radius 1 is 1.10 bits per heavy atom. The maximum absolute atomic E-state index is 12.1. The summed E-state index contributed by atoms with van der Waals surface area (Å²) in [6.45, 7) is 0.616. The number of benzene rings is 2. The minimum Gasteiger partial charge on any atom is -0.352 e. The first-order valence-corrected chi connectivity index (χ1v) is 6.85. The topological polar surface area (TPSA) is 54.9 Å². The number of amides is 1. The third-order valence-corrected chi connectivity index (χ3v) is 3.31. The van der Waals surface area contributed by atoms with Crippen molar-refractivity contribution in [2.24, 2.45) is 0 Å². The zero-order valence-corrected chi connectivity index (χ0v) is 11.5. The molecule has 1 amide bonds. The molecule has 4 heteroatoms. The molecule has 104 valence electrons. The number of fused-ring (bicyclic) bond motifs is 1. The van der Waals surface area contributed by atoms with Crippen LogP contribution in [-0.4, -0.2) is 22.4 Å². The van der Waals surface area contributed by atoms with Crippen molar-refractivity contribution in [1.29, 1.82) is 0 Å². The monoisotopic (exact) mass is 277 g/mol. The lowest BCUT2D eigenvalue weighted by molar-refractivity contribution is 0.0954. The van der Waals surface area contributed by atoms with Crippen LogP contribution in [0.3, 0.4) is 0 Å². The highest BCUT2D eigenvalue weighted by atomic mass is 16.1. The van der Waals surface area contributed by atoms with Gasteiger partial charge in [-0.25, -0.2) is 9.97 Å². The Morgan fingerprint density at radius 2 is 1.95 bits per heavy atom. The van der Waals surface area contributed by atoms with E-state index in [1.807, 2.05) is 24.3 Å². The van der Waals surface area contributed by atoms with Gasteiger partial charge in [-0.15, -0.1) is 0 Å². The van der Waals surface area contributed by atoms with Crippen molar-refractivity contribution >= 4 is 16.8 Å². The highest BCUT2D eigenvalue weighted by Crippen LogP contribution is 2.12. The minimum atomic E-state index is -0.0774. The van der Waals surface area contributed by atoms with Gasteiger partial charge >= 0.3 is 0 Å². The Morgan fingerprint density at radius 3 is 2.81 bits per heavy atom. The summed E-state index contributed by atoms with van der Waals surface area (Å²) in [4.78, 5) is 20.2. The lowest BCUT2D eigenvalue weighted by Gasteiger charge is -2.06. The van der Waals surface area contributed by atoms with Crippen molar-refractivity contribution < 1.29 is 4.79 Å². The van der Waals surface area contributed by atoms with Gasteiger partial charge in [0.05, 0.1) is 5.52 Å². The number of carbonyl (C=O) groups is 1. The van der Waals surface area contributed by atoms with Gasteiger partial charge in [0.2, 0.25) is 0 Å². The quantitative estimate of drug-likeness (QED) is 0.797. The van der Waals surface area contributed by atoms with Crippen LogP contribution in [0, 0.1) is 0 Å². The lowest BCUT2D eigenvalue weighted by atomic mass is 10.1. The Hall–Kier alpha value is -2.75. The van der Waals surface area contributed by atoms with E-state index in [9.17, 15) is 4.79 Å². The number of carbonyl (C=O) groups excluding carboxylic acids is 1. The SMILES string of the molecule is O=C(NCCc1ccccc1)c1ccc2cncnc2c1. The summed E-state index contributed by atoms with van der Waals surface area (Å²) in [5.41, 5.74) is 2.61. The summed E-state index contributed by atoms with van der Waals surface area (Å²) >= 11 is 0. The highest BCUT2D eigenvalue weighted by molar-refractivity contribution is 5.97. The highest BCUT2D eigenvalue weighted by Gasteiger charge is 2.06. The second-order valence-corrected chi connectivity index (χ2v) is 4.79. The second-order valence-electron chi connectivity index (χ2n) is 4.79. The molecule has 0 aliphatic carbocycles. The molecule has 0 aliphatic rings. The molecule has 1 heterocycles. The Bertz CT molecular complexity index is 756. The van der Waals surface area contributed by atoms with Crippen molar-refractivity contribution in [3.63, 3.8) is 0 Å². The van der Waals surface area contributed by atoms with Gasteiger partial charge in [0.1, 0.15) is 6.33 Å². The zero-order chi connectivity index (χ0) is 14.5. The molecule has 0 fully saturated rings. The molecule has 0 bridgehead atoms. The van der Waals surface area contributed by atoms with Crippen LogP contribution < -0.4 is 5.32 Å². The van der Waals surface area contributed by atoms with Gasteiger partial charge in [-0.05, 0) is 24.1 Å². The van der Waals surface area contributed by atoms with E-state index in [2.05, 4.69) is 27.4 Å². The molecule has 0 spiro atoms. The summed E-state index contributed by atoms with van der Waals surface area (Å²) in [7, 11) is 0. The van der Waals surface area contributed by atoms with Gasteiger partial charge in [-0.3, -0.25) is 4.79 Å². The van der Waals surface area contributed by atoms with Gasteiger partial charge in [0, 0.05) is 23.7 Å². The van der Waals surface area contributed by atoms with Crippen LogP contribution in [0.4, 0.5) is 0 Å². The van der Waals surface area contributed by atoms with Crippen LogP contribution in [-0.2, 0) is 6.42 Å². The van der Waals surface area contributed by atoms with Gasteiger partial charge in [0.15, 0.2) is 0 Å². The van der Waals surface area contributed by atoms with E-state index >= 15 is 0 Å². The molecule has 0 atom stereocenters. The summed E-state index contributed by atoms with van der Waals surface area (Å²) < 4.78 is 0. The average molecular weight is 277 g/mol. The Balaban J connectivity index is 1.64. The number of hydrogen-bond donors (Lipinski definition) is 1. The third kappa shape index (κ3) is 3.23. The van der Waals surface area contributed by atoms with Crippen LogP contribution >= 0.6 is 0 Å². The third-order valence-electron chi connectivity index (χ3n) is 3.31. The standard InChI is InChI=1S/C17H15N3O/c21-17(19-9-8-13-4-2-1-3-5-13)14-6-7-15-11-18-12-20-16(15)10-14/h1-7,10-12H,8-9H2,(H,19,21). The maximum atomic E-state index is 12.1. The molecule has 1 aromatic heterocycles. The molecule has 21 heavy (non-hydrogen) atoms. The fraction of sp³-hybridized carbons (Fsp3) is 0.118. The number of rotatable bonds is 4. The zero-order valence-electron chi connectivity index (χ0n) is 11.5. The first-order chi connectivity index (χ1) is 10.3. The summed E-state index contributed by atoms with van der Waals surface area (Å²) in [6, 6.07) is 15.5. The summed E-state index contributed by atoms with van der Waals surface area (Å²) in [5, 5.41) is 3.86. The Kier molecular flexibility index (Phi) is 3.87. The van der Waals surface area contributed by atoms with Crippen LogP contribution in [0.1, 0.15) is 15.9 Å². The van der Waals surface area contributed by atoms with Crippen LogP contribution in [0.2, 0.25) is 0 Å². The number of aromatic nitrogens is 2. The van der Waals surface area contributed by atoms with E-state index in [0.717, 1.165) is 17.3 Å². The van der Waals surface area contributed by atoms with Crippen molar-refractivity contribution in [3.8, 4) is 0 Å². The molecule has 0 aliphatic heterocycles. The molecule has 4 nitrogen and oxygen atoms in total. The molecule has 0 unspecified atom stereocenters. The van der Waals surface area contributed by atoms with E-state index in [4.69, 9.17) is 0 Å². The predicted octanol–water partition coefficient (Wildman–Crippen LogP) is 2.60. The Labute approximate surface area is 122 Å². The summed E-state index contributed by atoms with van der Waals surface area (Å²) in [5.74, 6) is -0.0774. The molecule has 3 rings (SSSR count). The number of hydrogen-bond acceptors (Lipinski definition) is 3. The molecule has 2 aromatic carbocycles. The van der Waals surface area contributed by atoms with E-state index in [0.29, 0.717) is 12.1 Å². The fourth-order valence-electron chi connectivity index (χ4n) is 2.18. The van der Waals surface area contributed by atoms with E-state index < -0.39 is 0 Å². The number of nitrogens with one attached hydrogen (secondary N) is 1. The van der Waals surface area contributed by atoms with Crippen molar-refractivity contribution in [2.45, 2.75) is 6.42 Å². The molecule has 1 N–H and O–H groups in total. The van der Waals surface area contributed by atoms with Crippen molar-refractivity contribution in [3.05, 3.63) is 72.2 Å². The fourth-order valence-corrected chi connectivity index (χ4v) is 2.18. The van der Waals surface area contributed by atoms with Gasteiger partial charge in [-0.2, -0.15) is 0 Å². The van der Waals surface area contributed by atoms with Gasteiger partial charge in [-0.1, -0.05) is 36.4 Å². The van der Waals surface area contributed by atoms with E-state index in [1.54, 1.807) is 18.3 Å². The number of nitrogens with zero attached hydrogens (tertiary/aromatic N) is 2. The predicted molar refractivity (Wildman–Crippen MR) is 82.0 cm³/mol. The van der Waals surface area contributed by atoms with Crippen molar-refractivity contribution in [2.75, 3.05) is 6.54 Å². The molecule has 0 radical (unpaired) electrons. The van der Waals surface area contributed by atoms with Gasteiger partial charge < -0.3 is 5.32 Å².